The van der Waals surface area contributed by atoms with Gasteiger partial charge in [-0.1, -0.05) is 30.3 Å². The molecule has 0 heterocycles. The lowest BCUT2D eigenvalue weighted by Gasteiger charge is -2.19. The molecule has 1 unspecified atom stereocenters. The molecule has 2 rings (SSSR count). The SMILES string of the molecule is CC(=O)OC(c1ccccc1C(=O)O)c1ccccc1[N+](=O)[O-]. The summed E-state index contributed by atoms with van der Waals surface area (Å²) in [7, 11) is 0. The number of benzene rings is 2. The van der Waals surface area contributed by atoms with Gasteiger partial charge >= 0.3 is 11.9 Å². The van der Waals surface area contributed by atoms with Crippen LogP contribution < -0.4 is 0 Å². The van der Waals surface area contributed by atoms with Crippen molar-refractivity contribution < 1.29 is 24.4 Å². The second kappa shape index (κ2) is 6.69. The predicted molar refractivity (Wildman–Crippen MR) is 80.1 cm³/mol. The smallest absolute Gasteiger partial charge is 0.336 e. The van der Waals surface area contributed by atoms with E-state index in [0.29, 0.717) is 0 Å². The van der Waals surface area contributed by atoms with Gasteiger partial charge in [-0.15, -0.1) is 0 Å². The lowest BCUT2D eigenvalue weighted by atomic mass is 9.95. The third kappa shape index (κ3) is 3.52. The second-order valence-electron chi connectivity index (χ2n) is 4.70. The fraction of sp³-hybridized carbons (Fsp3) is 0.125. The standard InChI is InChI=1S/C16H13NO6/c1-10(18)23-15(11-6-2-3-7-12(11)16(19)20)13-8-4-5-9-14(13)17(21)22/h2-9,15H,1H3,(H,19,20). The third-order valence-electron chi connectivity index (χ3n) is 3.17. The molecule has 0 fully saturated rings. The highest BCUT2D eigenvalue weighted by molar-refractivity contribution is 5.90. The zero-order valence-electron chi connectivity index (χ0n) is 12.1. The number of nitrogens with zero attached hydrogens (tertiary/aromatic N) is 1. The number of carboxylic acid groups (broad SMARTS) is 1. The molecule has 0 aliphatic carbocycles. The Morgan fingerprint density at radius 1 is 1.09 bits per heavy atom. The normalized spacial score (nSPS) is 11.5. The van der Waals surface area contributed by atoms with Crippen molar-refractivity contribution >= 4 is 17.6 Å². The Bertz CT molecular complexity index is 713. The van der Waals surface area contributed by atoms with Crippen LogP contribution in [0.1, 0.15) is 34.5 Å². The van der Waals surface area contributed by atoms with E-state index in [1.54, 1.807) is 12.1 Å². The molecule has 7 nitrogen and oxygen atoms in total. The number of nitro benzene ring substituents is 1. The highest BCUT2D eigenvalue weighted by Gasteiger charge is 2.28. The topological polar surface area (TPSA) is 107 Å². The number of carbonyl (C=O) groups excluding carboxylic acids is 1. The summed E-state index contributed by atoms with van der Waals surface area (Å²) < 4.78 is 5.20. The molecule has 2 aromatic rings. The first-order valence-corrected chi connectivity index (χ1v) is 6.64. The van der Waals surface area contributed by atoms with E-state index in [1.165, 1.54) is 36.4 Å². The van der Waals surface area contributed by atoms with Gasteiger partial charge in [0.1, 0.15) is 0 Å². The number of aromatic carboxylic acids is 1. The Morgan fingerprint density at radius 2 is 1.65 bits per heavy atom. The van der Waals surface area contributed by atoms with E-state index >= 15 is 0 Å². The summed E-state index contributed by atoms with van der Waals surface area (Å²) in [5, 5.41) is 20.5. The summed E-state index contributed by atoms with van der Waals surface area (Å²) in [6.45, 7) is 1.16. The van der Waals surface area contributed by atoms with Crippen LogP contribution in [0.5, 0.6) is 0 Å². The number of carbonyl (C=O) groups is 2. The van der Waals surface area contributed by atoms with Crippen LogP contribution >= 0.6 is 0 Å². The van der Waals surface area contributed by atoms with E-state index in [9.17, 15) is 24.8 Å². The minimum absolute atomic E-state index is 0.0862. The average molecular weight is 315 g/mol. The van der Waals surface area contributed by atoms with Gasteiger partial charge in [0.15, 0.2) is 6.10 Å². The number of carboxylic acids is 1. The molecule has 118 valence electrons. The Kier molecular flexibility index (Phi) is 4.70. The molecule has 0 bridgehead atoms. The fourth-order valence-electron chi connectivity index (χ4n) is 2.26. The van der Waals surface area contributed by atoms with Crippen LogP contribution in [0.15, 0.2) is 48.5 Å². The van der Waals surface area contributed by atoms with Crippen molar-refractivity contribution in [1.29, 1.82) is 0 Å². The van der Waals surface area contributed by atoms with Gasteiger partial charge in [0.25, 0.3) is 5.69 Å². The number of nitro groups is 1. The number of rotatable bonds is 5. The molecule has 1 N–H and O–H groups in total. The van der Waals surface area contributed by atoms with Crippen LogP contribution in [0, 0.1) is 10.1 Å². The summed E-state index contributed by atoms with van der Waals surface area (Å²) in [6, 6.07) is 11.7. The minimum Gasteiger partial charge on any atom is -0.478 e. The van der Waals surface area contributed by atoms with E-state index in [4.69, 9.17) is 4.74 Å². The van der Waals surface area contributed by atoms with Gasteiger partial charge in [-0.2, -0.15) is 0 Å². The lowest BCUT2D eigenvalue weighted by Crippen LogP contribution is -2.15. The van der Waals surface area contributed by atoms with Gasteiger partial charge in [0, 0.05) is 18.6 Å². The zero-order valence-corrected chi connectivity index (χ0v) is 12.1. The van der Waals surface area contributed by atoms with Crippen molar-refractivity contribution in [3.8, 4) is 0 Å². The van der Waals surface area contributed by atoms with Gasteiger partial charge < -0.3 is 9.84 Å². The quantitative estimate of drug-likeness (QED) is 0.516. The molecule has 0 amide bonds. The molecule has 23 heavy (non-hydrogen) atoms. The molecule has 0 radical (unpaired) electrons. The molecule has 2 aromatic carbocycles. The first-order valence-electron chi connectivity index (χ1n) is 6.64. The number of ether oxygens (including phenoxy) is 1. The van der Waals surface area contributed by atoms with Gasteiger partial charge in [-0.25, -0.2) is 4.79 Å². The molecule has 7 heteroatoms. The van der Waals surface area contributed by atoms with Gasteiger partial charge in [-0.3, -0.25) is 14.9 Å². The van der Waals surface area contributed by atoms with Crippen molar-refractivity contribution in [2.75, 3.05) is 0 Å². The predicted octanol–water partition coefficient (Wildman–Crippen LogP) is 2.95. The molecular weight excluding hydrogens is 302 g/mol. The summed E-state index contributed by atoms with van der Waals surface area (Å²) in [4.78, 5) is 33.4. The highest BCUT2D eigenvalue weighted by Crippen LogP contribution is 2.34. The number of esters is 1. The number of para-hydroxylation sites is 1. The molecule has 0 spiro atoms. The van der Waals surface area contributed by atoms with Gasteiger partial charge in [-0.05, 0) is 12.1 Å². The largest absolute Gasteiger partial charge is 0.478 e. The van der Waals surface area contributed by atoms with E-state index in [-0.39, 0.29) is 22.4 Å². The summed E-state index contributed by atoms with van der Waals surface area (Å²) >= 11 is 0. The van der Waals surface area contributed by atoms with Crippen molar-refractivity contribution in [2.45, 2.75) is 13.0 Å². The third-order valence-corrected chi connectivity index (χ3v) is 3.17. The van der Waals surface area contributed by atoms with Crippen molar-refractivity contribution in [3.05, 3.63) is 75.3 Å². The average Bonchev–Trinajstić information content (AvgIpc) is 2.52. The van der Waals surface area contributed by atoms with E-state index in [2.05, 4.69) is 0 Å². The molecule has 0 aliphatic rings. The Morgan fingerprint density at radius 3 is 2.22 bits per heavy atom. The Hall–Kier alpha value is -3.22. The summed E-state index contributed by atoms with van der Waals surface area (Å²) in [5.41, 5.74) is -0.0539. The maximum Gasteiger partial charge on any atom is 0.336 e. The molecule has 1 atom stereocenters. The molecular formula is C16H13NO6. The lowest BCUT2D eigenvalue weighted by molar-refractivity contribution is -0.386. The monoisotopic (exact) mass is 315 g/mol. The molecule has 0 aromatic heterocycles. The van der Waals surface area contributed by atoms with Gasteiger partial charge in [0.2, 0.25) is 0 Å². The van der Waals surface area contributed by atoms with Crippen molar-refractivity contribution in [3.63, 3.8) is 0 Å². The van der Waals surface area contributed by atoms with E-state index in [0.717, 1.165) is 6.92 Å². The Balaban J connectivity index is 2.67. The number of hydrogen-bond donors (Lipinski definition) is 1. The van der Waals surface area contributed by atoms with Crippen molar-refractivity contribution in [2.24, 2.45) is 0 Å². The summed E-state index contributed by atoms with van der Waals surface area (Å²) in [6.07, 6.45) is -1.18. The summed E-state index contributed by atoms with van der Waals surface area (Å²) in [5.74, 6) is -1.88. The maximum absolute atomic E-state index is 11.4. The zero-order chi connectivity index (χ0) is 17.0. The van der Waals surface area contributed by atoms with Gasteiger partial charge in [0.05, 0.1) is 16.1 Å². The van der Waals surface area contributed by atoms with Crippen LogP contribution in [-0.2, 0) is 9.53 Å². The maximum atomic E-state index is 11.4. The number of hydrogen-bond acceptors (Lipinski definition) is 5. The first kappa shape index (κ1) is 16.2. The van der Waals surface area contributed by atoms with E-state index in [1.807, 2.05) is 0 Å². The molecule has 0 saturated carbocycles. The fourth-order valence-corrected chi connectivity index (χ4v) is 2.26. The van der Waals surface area contributed by atoms with E-state index < -0.39 is 23.0 Å². The van der Waals surface area contributed by atoms with Crippen LogP contribution in [-0.4, -0.2) is 22.0 Å². The van der Waals surface area contributed by atoms with Crippen LogP contribution in [0.2, 0.25) is 0 Å². The Labute approximate surface area is 131 Å². The first-order chi connectivity index (χ1) is 10.9. The molecule has 0 saturated heterocycles. The van der Waals surface area contributed by atoms with Crippen LogP contribution in [0.4, 0.5) is 5.69 Å². The van der Waals surface area contributed by atoms with Crippen LogP contribution in [0.3, 0.4) is 0 Å². The molecule has 0 aliphatic heterocycles. The highest BCUT2D eigenvalue weighted by atomic mass is 16.6. The van der Waals surface area contributed by atoms with Crippen LogP contribution in [0.25, 0.3) is 0 Å². The second-order valence-corrected chi connectivity index (χ2v) is 4.70. The minimum atomic E-state index is -1.21. The van der Waals surface area contributed by atoms with Crippen molar-refractivity contribution in [1.82, 2.24) is 0 Å².